The second-order valence-corrected chi connectivity index (χ2v) is 4.38. The first-order valence-corrected chi connectivity index (χ1v) is 5.44. The Kier molecular flexibility index (Phi) is 1.79. The number of rotatable bonds is 0. The van der Waals surface area contributed by atoms with E-state index in [-0.39, 0.29) is 0 Å². The van der Waals surface area contributed by atoms with Gasteiger partial charge in [0.25, 0.3) is 0 Å². The molecule has 4 heteroatoms. The number of pyridine rings is 1. The smallest absolute Gasteiger partial charge is 0.161 e. The van der Waals surface area contributed by atoms with Crippen LogP contribution in [0, 0.1) is 6.92 Å². The van der Waals surface area contributed by atoms with Crippen LogP contribution in [0.15, 0.2) is 35.1 Å². The summed E-state index contributed by atoms with van der Waals surface area (Å²) in [6.07, 6.45) is 1.74. The molecule has 2 aromatic heterocycles. The van der Waals surface area contributed by atoms with Crippen LogP contribution in [0.1, 0.15) is 5.56 Å². The molecule has 0 saturated heterocycles. The second-order valence-electron chi connectivity index (χ2n) is 3.52. The van der Waals surface area contributed by atoms with Gasteiger partial charge in [0.15, 0.2) is 5.65 Å². The monoisotopic (exact) mass is 261 g/mol. The van der Waals surface area contributed by atoms with Gasteiger partial charge in [0.2, 0.25) is 0 Å². The van der Waals surface area contributed by atoms with Crippen molar-refractivity contribution in [1.29, 1.82) is 0 Å². The standard InChI is InChI=1S/C11H8BrN3/c1-7-5-10-14-13-6-15(10)11-8(7)3-2-4-9(11)12/h2-6H,1H3. The Morgan fingerprint density at radius 1 is 1.33 bits per heavy atom. The van der Waals surface area contributed by atoms with Gasteiger partial charge in [-0.2, -0.15) is 0 Å². The van der Waals surface area contributed by atoms with E-state index in [1.165, 1.54) is 10.9 Å². The van der Waals surface area contributed by atoms with E-state index in [4.69, 9.17) is 0 Å². The zero-order valence-electron chi connectivity index (χ0n) is 8.11. The predicted molar refractivity (Wildman–Crippen MR) is 62.9 cm³/mol. The SMILES string of the molecule is Cc1cc2nncn2c2c(Br)cccc12. The molecule has 0 saturated carbocycles. The van der Waals surface area contributed by atoms with Crippen LogP contribution < -0.4 is 0 Å². The topological polar surface area (TPSA) is 30.2 Å². The minimum atomic E-state index is 0.881. The Hall–Kier alpha value is -1.42. The zero-order chi connectivity index (χ0) is 10.4. The van der Waals surface area contributed by atoms with Crippen LogP contribution in [0.4, 0.5) is 0 Å². The molecule has 0 aliphatic heterocycles. The normalized spacial score (nSPS) is 11.3. The van der Waals surface area contributed by atoms with Crippen molar-refractivity contribution in [3.8, 4) is 0 Å². The predicted octanol–water partition coefficient (Wildman–Crippen LogP) is 2.95. The second kappa shape index (κ2) is 3.03. The molecule has 74 valence electrons. The molecule has 0 aliphatic rings. The van der Waals surface area contributed by atoms with Gasteiger partial charge in [-0.25, -0.2) is 0 Å². The van der Waals surface area contributed by atoms with E-state index in [0.29, 0.717) is 0 Å². The molecule has 3 aromatic rings. The highest BCUT2D eigenvalue weighted by molar-refractivity contribution is 9.10. The third-order valence-electron chi connectivity index (χ3n) is 2.57. The van der Waals surface area contributed by atoms with E-state index in [1.54, 1.807) is 6.33 Å². The van der Waals surface area contributed by atoms with E-state index in [9.17, 15) is 0 Å². The van der Waals surface area contributed by atoms with Gasteiger partial charge in [0.05, 0.1) is 5.52 Å². The van der Waals surface area contributed by atoms with Crippen molar-refractivity contribution < 1.29 is 0 Å². The van der Waals surface area contributed by atoms with Gasteiger partial charge >= 0.3 is 0 Å². The molecule has 0 N–H and O–H groups in total. The van der Waals surface area contributed by atoms with Gasteiger partial charge in [-0.05, 0) is 40.5 Å². The molecule has 0 fully saturated rings. The van der Waals surface area contributed by atoms with Crippen LogP contribution in [0.5, 0.6) is 0 Å². The first kappa shape index (κ1) is 8.85. The van der Waals surface area contributed by atoms with Crippen LogP contribution >= 0.6 is 15.9 Å². The van der Waals surface area contributed by atoms with Gasteiger partial charge in [-0.3, -0.25) is 4.40 Å². The van der Waals surface area contributed by atoms with Crippen molar-refractivity contribution in [2.75, 3.05) is 0 Å². The molecule has 0 unspecified atom stereocenters. The number of aryl methyl sites for hydroxylation is 1. The summed E-state index contributed by atoms with van der Waals surface area (Å²) in [5, 5.41) is 9.21. The van der Waals surface area contributed by atoms with E-state index in [1.807, 2.05) is 22.6 Å². The number of hydrogen-bond donors (Lipinski definition) is 0. The lowest BCUT2D eigenvalue weighted by Gasteiger charge is -2.06. The lowest BCUT2D eigenvalue weighted by molar-refractivity contribution is 1.11. The molecular formula is C11H8BrN3. The molecule has 3 rings (SSSR count). The highest BCUT2D eigenvalue weighted by Gasteiger charge is 2.07. The van der Waals surface area contributed by atoms with Crippen LogP contribution in [-0.2, 0) is 0 Å². The van der Waals surface area contributed by atoms with Crippen LogP contribution in [0.2, 0.25) is 0 Å². The molecule has 0 atom stereocenters. The molecule has 3 nitrogen and oxygen atoms in total. The van der Waals surface area contributed by atoms with Crippen LogP contribution in [-0.4, -0.2) is 14.6 Å². The van der Waals surface area contributed by atoms with Gasteiger partial charge in [0, 0.05) is 9.86 Å². The van der Waals surface area contributed by atoms with Crippen LogP contribution in [0.3, 0.4) is 0 Å². The van der Waals surface area contributed by atoms with E-state index in [2.05, 4.69) is 39.1 Å². The Labute approximate surface area is 94.9 Å². The van der Waals surface area contributed by atoms with Crippen molar-refractivity contribution in [3.05, 3.63) is 40.6 Å². The minimum absolute atomic E-state index is 0.881. The largest absolute Gasteiger partial charge is 0.280 e. The fraction of sp³-hybridized carbons (Fsp3) is 0.0909. The average Bonchev–Trinajstić information content (AvgIpc) is 2.66. The molecule has 0 spiro atoms. The lowest BCUT2D eigenvalue weighted by Crippen LogP contribution is -1.90. The quantitative estimate of drug-likeness (QED) is 0.623. The Bertz CT molecular complexity index is 657. The molecule has 0 amide bonds. The highest BCUT2D eigenvalue weighted by atomic mass is 79.9. The summed E-state index contributed by atoms with van der Waals surface area (Å²) in [4.78, 5) is 0. The summed E-state index contributed by atoms with van der Waals surface area (Å²) in [7, 11) is 0. The third-order valence-corrected chi connectivity index (χ3v) is 3.21. The number of aromatic nitrogens is 3. The minimum Gasteiger partial charge on any atom is -0.280 e. The van der Waals surface area contributed by atoms with Gasteiger partial charge in [-0.15, -0.1) is 10.2 Å². The summed E-state index contributed by atoms with van der Waals surface area (Å²) in [5.41, 5.74) is 3.22. The van der Waals surface area contributed by atoms with E-state index >= 15 is 0 Å². The van der Waals surface area contributed by atoms with Crippen molar-refractivity contribution >= 4 is 32.5 Å². The fourth-order valence-electron chi connectivity index (χ4n) is 1.86. The fourth-order valence-corrected chi connectivity index (χ4v) is 2.42. The third kappa shape index (κ3) is 1.18. The maximum Gasteiger partial charge on any atom is 0.161 e. The summed E-state index contributed by atoms with van der Waals surface area (Å²) >= 11 is 3.56. The van der Waals surface area contributed by atoms with Crippen molar-refractivity contribution in [2.45, 2.75) is 6.92 Å². The molecule has 2 heterocycles. The van der Waals surface area contributed by atoms with Crippen molar-refractivity contribution in [3.63, 3.8) is 0 Å². The molecular weight excluding hydrogens is 254 g/mol. The molecule has 0 aliphatic carbocycles. The summed E-state index contributed by atoms with van der Waals surface area (Å²) in [6.45, 7) is 2.09. The number of fused-ring (bicyclic) bond motifs is 3. The first-order valence-electron chi connectivity index (χ1n) is 4.65. The highest BCUT2D eigenvalue weighted by Crippen LogP contribution is 2.26. The Balaban J connectivity index is 2.69. The van der Waals surface area contributed by atoms with E-state index in [0.717, 1.165) is 15.6 Å². The number of para-hydroxylation sites is 1. The van der Waals surface area contributed by atoms with Crippen molar-refractivity contribution in [2.24, 2.45) is 0 Å². The maximum atomic E-state index is 4.06. The maximum absolute atomic E-state index is 4.06. The zero-order valence-corrected chi connectivity index (χ0v) is 9.69. The summed E-state index contributed by atoms with van der Waals surface area (Å²) in [5.74, 6) is 0. The van der Waals surface area contributed by atoms with Gasteiger partial charge in [-0.1, -0.05) is 12.1 Å². The lowest BCUT2D eigenvalue weighted by atomic mass is 10.1. The molecule has 0 bridgehead atoms. The number of hydrogen-bond acceptors (Lipinski definition) is 2. The summed E-state index contributed by atoms with van der Waals surface area (Å²) < 4.78 is 3.06. The molecule has 1 aromatic carbocycles. The van der Waals surface area contributed by atoms with E-state index < -0.39 is 0 Å². The first-order chi connectivity index (χ1) is 7.27. The van der Waals surface area contributed by atoms with Gasteiger partial charge < -0.3 is 0 Å². The molecule has 15 heavy (non-hydrogen) atoms. The van der Waals surface area contributed by atoms with Crippen molar-refractivity contribution in [1.82, 2.24) is 14.6 Å². The van der Waals surface area contributed by atoms with Crippen LogP contribution in [0.25, 0.3) is 16.6 Å². The average molecular weight is 262 g/mol. The van der Waals surface area contributed by atoms with Gasteiger partial charge in [0.1, 0.15) is 6.33 Å². The molecule has 0 radical (unpaired) electrons. The number of halogens is 1. The Morgan fingerprint density at radius 2 is 2.20 bits per heavy atom. The summed E-state index contributed by atoms with van der Waals surface area (Å²) in [6, 6.07) is 8.22. The number of benzene rings is 1. The Morgan fingerprint density at radius 3 is 3.07 bits per heavy atom. The number of nitrogens with zero attached hydrogens (tertiary/aromatic N) is 3.